The summed E-state index contributed by atoms with van der Waals surface area (Å²) in [4.78, 5) is 41.2. The van der Waals surface area contributed by atoms with Crippen LogP contribution < -0.4 is 5.73 Å². The molecule has 10 nitrogen and oxygen atoms in total. The van der Waals surface area contributed by atoms with Crippen LogP contribution in [0.15, 0.2) is 104 Å². The highest BCUT2D eigenvalue weighted by Crippen LogP contribution is 2.45. The second kappa shape index (κ2) is 14.3. The molecular formula is C40H45N5O5. The van der Waals surface area contributed by atoms with Gasteiger partial charge in [0, 0.05) is 24.6 Å². The molecule has 3 heterocycles. The fraction of sp³-hybridized carbons (Fsp3) is 0.350. The van der Waals surface area contributed by atoms with E-state index in [-0.39, 0.29) is 24.9 Å². The molecule has 50 heavy (non-hydrogen) atoms. The molecule has 0 radical (unpaired) electrons. The van der Waals surface area contributed by atoms with Gasteiger partial charge in [-0.1, -0.05) is 105 Å². The Morgan fingerprint density at radius 2 is 1.46 bits per heavy atom. The van der Waals surface area contributed by atoms with Gasteiger partial charge in [-0.25, -0.2) is 14.8 Å². The average Bonchev–Trinajstić information content (AvgIpc) is 3.67. The van der Waals surface area contributed by atoms with Crippen molar-refractivity contribution in [2.75, 3.05) is 12.3 Å². The van der Waals surface area contributed by atoms with E-state index in [9.17, 15) is 9.59 Å². The Balaban J connectivity index is 1.49. The normalized spacial score (nSPS) is 18.0. The number of benzene rings is 3. The molecular weight excluding hydrogens is 630 g/mol. The van der Waals surface area contributed by atoms with Gasteiger partial charge >= 0.3 is 12.1 Å². The van der Waals surface area contributed by atoms with E-state index in [1.807, 2.05) is 126 Å². The van der Waals surface area contributed by atoms with Crippen LogP contribution in [0.3, 0.4) is 0 Å². The second-order valence-electron chi connectivity index (χ2n) is 14.1. The molecule has 0 aliphatic carbocycles. The maximum Gasteiger partial charge on any atom is 0.411 e. The highest BCUT2D eigenvalue weighted by atomic mass is 16.6. The predicted molar refractivity (Wildman–Crippen MR) is 192 cm³/mol. The number of aromatic nitrogens is 3. The average molecular weight is 676 g/mol. The van der Waals surface area contributed by atoms with E-state index >= 15 is 0 Å². The van der Waals surface area contributed by atoms with E-state index in [1.165, 1.54) is 6.33 Å². The number of nitrogens with two attached hydrogens (primary N) is 1. The molecule has 1 saturated heterocycles. The lowest BCUT2D eigenvalue weighted by atomic mass is 9.80. The Kier molecular flexibility index (Phi) is 9.93. The molecule has 0 spiro atoms. The van der Waals surface area contributed by atoms with Crippen molar-refractivity contribution in [3.63, 3.8) is 0 Å². The van der Waals surface area contributed by atoms with Gasteiger partial charge in [0.25, 0.3) is 0 Å². The first-order valence-corrected chi connectivity index (χ1v) is 17.1. The number of fused-ring (bicyclic) bond motifs is 1. The van der Waals surface area contributed by atoms with Crippen LogP contribution in [-0.2, 0) is 24.6 Å². The number of aromatic amines is 1. The number of hydrogen-bond donors (Lipinski definition) is 2. The fourth-order valence-corrected chi connectivity index (χ4v) is 6.83. The predicted octanol–water partition coefficient (Wildman–Crippen LogP) is 7.56. The number of ether oxygens (including phenoxy) is 3. The van der Waals surface area contributed by atoms with Crippen LogP contribution in [0.5, 0.6) is 0 Å². The third kappa shape index (κ3) is 7.07. The Morgan fingerprint density at radius 1 is 0.900 bits per heavy atom. The zero-order valence-electron chi connectivity index (χ0n) is 29.2. The molecule has 10 heteroatoms. The van der Waals surface area contributed by atoms with Crippen molar-refractivity contribution >= 4 is 28.9 Å². The van der Waals surface area contributed by atoms with E-state index in [4.69, 9.17) is 19.9 Å². The van der Waals surface area contributed by atoms with Crippen LogP contribution in [0.2, 0.25) is 0 Å². The maximum atomic E-state index is 14.4. The SMILES string of the molecule is CC(C)CC(=O)OC1CC(c2c[nH]c3c(N)ncnc23)N(C(=O)OC(C)(C)C)C1COC(c1ccccc1)(c1ccccc1)c1ccccc1. The van der Waals surface area contributed by atoms with Crippen LogP contribution in [0, 0.1) is 5.92 Å². The van der Waals surface area contributed by atoms with Gasteiger partial charge in [-0.3, -0.25) is 9.69 Å². The lowest BCUT2D eigenvalue weighted by molar-refractivity contribution is -0.152. The number of H-pyrrole nitrogens is 1. The molecule has 0 bridgehead atoms. The Labute approximate surface area is 293 Å². The molecule has 3 N–H and O–H groups in total. The van der Waals surface area contributed by atoms with Gasteiger partial charge in [0.1, 0.15) is 29.2 Å². The summed E-state index contributed by atoms with van der Waals surface area (Å²) in [7, 11) is 0. The van der Waals surface area contributed by atoms with Crippen molar-refractivity contribution in [3.8, 4) is 0 Å². The molecule has 5 aromatic rings. The molecule has 1 fully saturated rings. The number of hydrogen-bond acceptors (Lipinski definition) is 8. The quantitative estimate of drug-likeness (QED) is 0.115. The van der Waals surface area contributed by atoms with E-state index in [0.29, 0.717) is 28.8 Å². The van der Waals surface area contributed by atoms with Crippen LogP contribution in [0.1, 0.15) is 75.8 Å². The van der Waals surface area contributed by atoms with Crippen LogP contribution in [0.4, 0.5) is 10.6 Å². The lowest BCUT2D eigenvalue weighted by Gasteiger charge is -2.39. The first-order valence-electron chi connectivity index (χ1n) is 17.1. The Morgan fingerprint density at radius 3 is 1.98 bits per heavy atom. The Hall–Kier alpha value is -5.22. The van der Waals surface area contributed by atoms with E-state index in [0.717, 1.165) is 16.7 Å². The number of likely N-dealkylation sites (tertiary alicyclic amines) is 1. The molecule has 1 amide bonds. The zero-order valence-corrected chi connectivity index (χ0v) is 29.2. The lowest BCUT2D eigenvalue weighted by Crippen LogP contribution is -2.48. The third-order valence-corrected chi connectivity index (χ3v) is 8.93. The summed E-state index contributed by atoms with van der Waals surface area (Å²) in [5.74, 6) is 0.0403. The summed E-state index contributed by atoms with van der Waals surface area (Å²) in [6, 6.07) is 28.8. The number of carbonyl (C=O) groups is 2. The second-order valence-corrected chi connectivity index (χ2v) is 14.1. The van der Waals surface area contributed by atoms with Gasteiger partial charge in [-0.15, -0.1) is 0 Å². The number of rotatable bonds is 10. The van der Waals surface area contributed by atoms with Gasteiger partial charge in [-0.2, -0.15) is 0 Å². The minimum atomic E-state index is -1.07. The summed E-state index contributed by atoms with van der Waals surface area (Å²) in [6.07, 6.45) is 2.44. The molecule has 3 aromatic carbocycles. The van der Waals surface area contributed by atoms with Crippen LogP contribution in [0.25, 0.3) is 11.0 Å². The molecule has 2 aromatic heterocycles. The number of nitrogens with one attached hydrogen (secondary N) is 1. The number of esters is 1. The number of anilines is 1. The van der Waals surface area contributed by atoms with Crippen molar-refractivity contribution in [2.45, 2.75) is 76.9 Å². The van der Waals surface area contributed by atoms with E-state index in [2.05, 4.69) is 15.0 Å². The molecule has 3 atom stereocenters. The summed E-state index contributed by atoms with van der Waals surface area (Å²) in [5, 5.41) is 0. The largest absolute Gasteiger partial charge is 0.460 e. The van der Waals surface area contributed by atoms with Crippen LogP contribution in [-0.4, -0.2) is 56.3 Å². The highest BCUT2D eigenvalue weighted by Gasteiger charge is 2.50. The number of amides is 1. The zero-order chi connectivity index (χ0) is 35.5. The fourth-order valence-electron chi connectivity index (χ4n) is 6.83. The topological polar surface area (TPSA) is 133 Å². The number of nitrogens with zero attached hydrogens (tertiary/aromatic N) is 3. The van der Waals surface area contributed by atoms with Crippen molar-refractivity contribution < 1.29 is 23.8 Å². The maximum absolute atomic E-state index is 14.4. The molecule has 1 aliphatic heterocycles. The summed E-state index contributed by atoms with van der Waals surface area (Å²) in [5.41, 5.74) is 8.92. The summed E-state index contributed by atoms with van der Waals surface area (Å²) < 4.78 is 19.6. The van der Waals surface area contributed by atoms with Gasteiger partial charge < -0.3 is 24.9 Å². The van der Waals surface area contributed by atoms with Crippen molar-refractivity contribution in [2.24, 2.45) is 5.92 Å². The number of carbonyl (C=O) groups excluding carboxylic acids is 2. The first kappa shape index (κ1) is 34.6. The summed E-state index contributed by atoms with van der Waals surface area (Å²) in [6.45, 7) is 9.42. The molecule has 0 saturated carbocycles. The standard InChI is InChI=1S/C40H45N5O5/c1-26(2)21-34(46)49-33-22-31(30-23-42-36-35(30)43-25-44-37(36)41)45(38(47)50-39(3,4)5)32(33)24-48-40(27-15-9-6-10-16-27,28-17-11-7-12-18-28)29-19-13-8-14-20-29/h6-20,23,25-26,31-33,42H,21-22,24H2,1-5H3,(H2,41,43,44). The van der Waals surface area contributed by atoms with Gasteiger partial charge in [0.2, 0.25) is 0 Å². The monoisotopic (exact) mass is 675 g/mol. The van der Waals surface area contributed by atoms with E-state index < -0.39 is 35.5 Å². The molecule has 1 aliphatic rings. The van der Waals surface area contributed by atoms with Crippen molar-refractivity contribution in [1.29, 1.82) is 0 Å². The minimum Gasteiger partial charge on any atom is -0.460 e. The van der Waals surface area contributed by atoms with Crippen LogP contribution >= 0.6 is 0 Å². The van der Waals surface area contributed by atoms with E-state index in [1.54, 1.807) is 11.1 Å². The third-order valence-electron chi connectivity index (χ3n) is 8.93. The Bertz CT molecular complexity index is 1810. The summed E-state index contributed by atoms with van der Waals surface area (Å²) >= 11 is 0. The smallest absolute Gasteiger partial charge is 0.411 e. The van der Waals surface area contributed by atoms with Crippen molar-refractivity contribution in [1.82, 2.24) is 19.9 Å². The minimum absolute atomic E-state index is 0.00747. The highest BCUT2D eigenvalue weighted by molar-refractivity contribution is 5.88. The van der Waals surface area contributed by atoms with Gasteiger partial charge in [0.05, 0.1) is 24.2 Å². The molecule has 3 unspecified atom stereocenters. The van der Waals surface area contributed by atoms with Crippen molar-refractivity contribution in [3.05, 3.63) is 126 Å². The molecule has 6 rings (SSSR count). The first-order chi connectivity index (χ1) is 24.0. The number of nitrogen functional groups attached to an aromatic ring is 1. The van der Waals surface area contributed by atoms with Gasteiger partial charge in [-0.05, 0) is 43.4 Å². The molecule has 260 valence electrons. The van der Waals surface area contributed by atoms with Gasteiger partial charge in [0.15, 0.2) is 5.82 Å².